The van der Waals surface area contributed by atoms with Crippen molar-refractivity contribution in [3.8, 4) is 0 Å². The Morgan fingerprint density at radius 3 is 2.73 bits per heavy atom. The number of amides is 1. The molecule has 7 nitrogen and oxygen atoms in total. The summed E-state index contributed by atoms with van der Waals surface area (Å²) < 4.78 is 25.1. The molecular formula is C17H19FN2O5S. The van der Waals surface area contributed by atoms with E-state index in [0.29, 0.717) is 9.71 Å². The predicted molar refractivity (Wildman–Crippen MR) is 96.1 cm³/mol. The van der Waals surface area contributed by atoms with Crippen molar-refractivity contribution < 1.29 is 28.6 Å². The molecule has 26 heavy (non-hydrogen) atoms. The van der Waals surface area contributed by atoms with E-state index in [1.54, 1.807) is 26.8 Å². The Bertz CT molecular complexity index is 844. The van der Waals surface area contributed by atoms with Gasteiger partial charge in [0.2, 0.25) is 0 Å². The first-order valence-corrected chi connectivity index (χ1v) is 8.51. The van der Waals surface area contributed by atoms with Crippen molar-refractivity contribution in [2.75, 3.05) is 5.32 Å². The number of ether oxygens (including phenoxy) is 2. The Hall–Kier alpha value is -2.68. The van der Waals surface area contributed by atoms with E-state index in [1.165, 1.54) is 12.1 Å². The zero-order chi connectivity index (χ0) is 19.5. The molecular weight excluding hydrogens is 363 g/mol. The molecule has 140 valence electrons. The third-order valence-electron chi connectivity index (χ3n) is 3.05. The first-order chi connectivity index (χ1) is 12.1. The third-order valence-corrected chi connectivity index (χ3v) is 4.16. The second kappa shape index (κ2) is 7.69. The van der Waals surface area contributed by atoms with E-state index in [0.717, 1.165) is 11.3 Å². The average molecular weight is 382 g/mol. The van der Waals surface area contributed by atoms with Gasteiger partial charge < -0.3 is 14.6 Å². The summed E-state index contributed by atoms with van der Waals surface area (Å²) in [4.78, 5) is 26.8. The molecule has 0 aliphatic heterocycles. The Morgan fingerprint density at radius 2 is 2.15 bits per heavy atom. The van der Waals surface area contributed by atoms with Gasteiger partial charge in [-0.25, -0.2) is 19.0 Å². The summed E-state index contributed by atoms with van der Waals surface area (Å²) in [6.45, 7) is 8.64. The molecule has 1 atom stereocenters. The van der Waals surface area contributed by atoms with Gasteiger partial charge in [-0.3, -0.25) is 5.32 Å². The van der Waals surface area contributed by atoms with E-state index in [4.69, 9.17) is 14.6 Å². The van der Waals surface area contributed by atoms with Crippen molar-refractivity contribution in [1.29, 1.82) is 0 Å². The largest absolute Gasteiger partial charge is 0.506 e. The number of rotatable bonds is 5. The first kappa shape index (κ1) is 19.6. The fourth-order valence-corrected chi connectivity index (χ4v) is 3.11. The van der Waals surface area contributed by atoms with Crippen LogP contribution >= 0.6 is 11.3 Å². The topological polar surface area (TPSA) is 97.8 Å². The van der Waals surface area contributed by atoms with Gasteiger partial charge >= 0.3 is 12.2 Å². The second-order valence-corrected chi connectivity index (χ2v) is 7.41. The Kier molecular flexibility index (Phi) is 5.81. The number of nitrogens with zero attached hydrogens (tertiary/aromatic N) is 1. The number of halogens is 1. The van der Waals surface area contributed by atoms with Gasteiger partial charge in [-0.15, -0.1) is 17.9 Å². The average Bonchev–Trinajstić information content (AvgIpc) is 2.92. The van der Waals surface area contributed by atoms with Gasteiger partial charge in [0.25, 0.3) is 0 Å². The minimum Gasteiger partial charge on any atom is -0.450 e. The number of hydrogen-bond acceptors (Lipinski definition) is 6. The molecule has 0 fully saturated rings. The summed E-state index contributed by atoms with van der Waals surface area (Å²) in [5.74, 6) is -0.733. The summed E-state index contributed by atoms with van der Waals surface area (Å²) in [5.41, 5.74) is -0.783. The summed E-state index contributed by atoms with van der Waals surface area (Å²) in [5, 5.41) is 11.5. The van der Waals surface area contributed by atoms with E-state index in [9.17, 15) is 14.0 Å². The maximum atomic E-state index is 14.7. The smallest absolute Gasteiger partial charge is 0.450 e. The van der Waals surface area contributed by atoms with Crippen LogP contribution in [0.15, 0.2) is 24.8 Å². The second-order valence-electron chi connectivity index (χ2n) is 6.35. The molecule has 2 aromatic rings. The number of anilines is 1. The normalized spacial score (nSPS) is 12.5. The molecule has 1 heterocycles. The number of carboxylic acid groups (broad SMARTS) is 1. The lowest BCUT2D eigenvalue weighted by atomic mass is 10.2. The Labute approximate surface area is 153 Å². The van der Waals surface area contributed by atoms with Crippen LogP contribution in [0.2, 0.25) is 0 Å². The summed E-state index contributed by atoms with van der Waals surface area (Å²) in [6, 6.07) is 2.97. The van der Waals surface area contributed by atoms with Gasteiger partial charge in [-0.05, 0) is 32.9 Å². The number of aromatic nitrogens is 1. The van der Waals surface area contributed by atoms with Crippen LogP contribution in [0.1, 0.15) is 38.3 Å². The minimum absolute atomic E-state index is 0.0154. The fraction of sp³-hybridized carbons (Fsp3) is 0.353. The van der Waals surface area contributed by atoms with Gasteiger partial charge in [-0.1, -0.05) is 6.08 Å². The summed E-state index contributed by atoms with van der Waals surface area (Å²) >= 11 is 1.11. The molecule has 2 rings (SSSR count). The van der Waals surface area contributed by atoms with Crippen LogP contribution < -0.4 is 5.32 Å². The van der Waals surface area contributed by atoms with Crippen molar-refractivity contribution in [2.24, 2.45) is 0 Å². The van der Waals surface area contributed by atoms with Crippen LogP contribution in [0, 0.1) is 5.82 Å². The van der Waals surface area contributed by atoms with E-state index >= 15 is 0 Å². The number of nitrogens with one attached hydrogen (secondary N) is 1. The molecule has 1 amide bonds. The quantitative estimate of drug-likeness (QED) is 0.552. The molecule has 0 aliphatic carbocycles. The molecule has 1 aromatic heterocycles. The Morgan fingerprint density at radius 1 is 1.46 bits per heavy atom. The molecule has 9 heteroatoms. The maximum absolute atomic E-state index is 14.7. The molecule has 2 N–H and O–H groups in total. The molecule has 0 aliphatic rings. The van der Waals surface area contributed by atoms with E-state index in [2.05, 4.69) is 16.9 Å². The van der Waals surface area contributed by atoms with Crippen LogP contribution in [0.5, 0.6) is 0 Å². The van der Waals surface area contributed by atoms with Crippen LogP contribution in [0.3, 0.4) is 0 Å². The van der Waals surface area contributed by atoms with Crippen molar-refractivity contribution >= 4 is 39.5 Å². The van der Waals surface area contributed by atoms with Crippen molar-refractivity contribution in [3.05, 3.63) is 35.6 Å². The van der Waals surface area contributed by atoms with Gasteiger partial charge in [0.05, 0.1) is 10.4 Å². The lowest BCUT2D eigenvalue weighted by Gasteiger charge is -2.19. The van der Waals surface area contributed by atoms with Gasteiger partial charge in [0.1, 0.15) is 16.1 Å². The van der Waals surface area contributed by atoms with Crippen LogP contribution in [0.4, 0.5) is 19.7 Å². The predicted octanol–water partition coefficient (Wildman–Crippen LogP) is 5.09. The van der Waals surface area contributed by atoms with Crippen molar-refractivity contribution in [3.63, 3.8) is 0 Å². The molecule has 0 saturated carbocycles. The van der Waals surface area contributed by atoms with Gasteiger partial charge in [0.15, 0.2) is 11.9 Å². The van der Waals surface area contributed by atoms with E-state index in [1.807, 2.05) is 0 Å². The SMILES string of the molecule is C=CCC(OC(=O)O)c1nc2c(F)c(NC(=O)OC(C)(C)C)ccc2s1. The monoisotopic (exact) mass is 382 g/mol. The number of thiazole rings is 1. The minimum atomic E-state index is -1.45. The summed E-state index contributed by atoms with van der Waals surface area (Å²) in [7, 11) is 0. The number of hydrogen-bond donors (Lipinski definition) is 2. The molecule has 1 unspecified atom stereocenters. The third kappa shape index (κ3) is 4.92. The number of fused-ring (bicyclic) bond motifs is 1. The number of benzene rings is 1. The number of carbonyl (C=O) groups is 2. The fourth-order valence-electron chi connectivity index (χ4n) is 2.10. The maximum Gasteiger partial charge on any atom is 0.506 e. The molecule has 0 bridgehead atoms. The highest BCUT2D eigenvalue weighted by molar-refractivity contribution is 7.18. The molecule has 0 spiro atoms. The highest BCUT2D eigenvalue weighted by Gasteiger charge is 2.23. The molecule has 0 radical (unpaired) electrons. The van der Waals surface area contributed by atoms with Crippen LogP contribution in [0.25, 0.3) is 10.2 Å². The lowest BCUT2D eigenvalue weighted by molar-refractivity contribution is 0.0522. The van der Waals surface area contributed by atoms with E-state index in [-0.39, 0.29) is 17.6 Å². The van der Waals surface area contributed by atoms with Crippen LogP contribution in [-0.4, -0.2) is 27.9 Å². The van der Waals surface area contributed by atoms with Crippen LogP contribution in [-0.2, 0) is 9.47 Å². The molecule has 0 saturated heterocycles. The summed E-state index contributed by atoms with van der Waals surface area (Å²) in [6.07, 6.45) is -1.42. The zero-order valence-electron chi connectivity index (χ0n) is 14.5. The highest BCUT2D eigenvalue weighted by Crippen LogP contribution is 2.34. The van der Waals surface area contributed by atoms with Gasteiger partial charge in [-0.2, -0.15) is 0 Å². The first-order valence-electron chi connectivity index (χ1n) is 7.70. The van der Waals surface area contributed by atoms with Crippen molar-refractivity contribution in [2.45, 2.75) is 38.9 Å². The Balaban J connectivity index is 2.32. The van der Waals surface area contributed by atoms with Crippen molar-refractivity contribution in [1.82, 2.24) is 4.98 Å². The molecule has 1 aromatic carbocycles. The zero-order valence-corrected chi connectivity index (χ0v) is 15.4. The van der Waals surface area contributed by atoms with Gasteiger partial charge in [0, 0.05) is 6.42 Å². The number of carbonyl (C=O) groups excluding carboxylic acids is 1. The standard InChI is InChI=1S/C17H19FN2O5S/c1-5-6-10(24-16(22)23)14-20-13-11(26-14)8-7-9(12(13)18)19-15(21)25-17(2,3)4/h5,7-8,10H,1,6H2,2-4H3,(H,19,21)(H,22,23). The lowest BCUT2D eigenvalue weighted by Crippen LogP contribution is -2.27. The van der Waals surface area contributed by atoms with E-state index < -0.39 is 29.8 Å². The highest BCUT2D eigenvalue weighted by atomic mass is 32.1.